The van der Waals surface area contributed by atoms with Gasteiger partial charge in [0.25, 0.3) is 5.56 Å². The fourth-order valence-electron chi connectivity index (χ4n) is 2.72. The number of benzene rings is 2. The zero-order valence-corrected chi connectivity index (χ0v) is 13.9. The molecule has 7 heteroatoms. The number of aromatic amines is 1. The molecule has 4 N–H and O–H groups in total. The van der Waals surface area contributed by atoms with Gasteiger partial charge in [-0.25, -0.2) is 0 Å². The van der Waals surface area contributed by atoms with Crippen LogP contribution in [0.5, 0.6) is 0 Å². The molecule has 0 saturated heterocycles. The molecule has 3 rings (SSSR count). The lowest BCUT2D eigenvalue weighted by atomic mass is 9.94. The summed E-state index contributed by atoms with van der Waals surface area (Å²) in [6.45, 7) is 1.37. The number of nitrogens with zero attached hydrogens (tertiary/aromatic N) is 1. The van der Waals surface area contributed by atoms with Gasteiger partial charge in [0.05, 0.1) is 22.3 Å². The van der Waals surface area contributed by atoms with Gasteiger partial charge in [-0.15, -0.1) is 0 Å². The van der Waals surface area contributed by atoms with Crippen molar-refractivity contribution < 1.29 is 4.79 Å². The van der Waals surface area contributed by atoms with Gasteiger partial charge in [-0.3, -0.25) is 9.59 Å². The first-order valence-corrected chi connectivity index (χ1v) is 7.71. The van der Waals surface area contributed by atoms with E-state index in [1.165, 1.54) is 13.1 Å². The average molecular weight is 353 g/mol. The van der Waals surface area contributed by atoms with E-state index in [4.69, 9.17) is 17.3 Å². The maximum absolute atomic E-state index is 12.2. The zero-order valence-electron chi connectivity index (χ0n) is 13.2. The number of nitrogens with two attached hydrogens (primary N) is 1. The summed E-state index contributed by atoms with van der Waals surface area (Å²) in [7, 11) is 0. The summed E-state index contributed by atoms with van der Waals surface area (Å²) in [6, 6.07) is 10.6. The third kappa shape index (κ3) is 2.93. The second-order valence-corrected chi connectivity index (χ2v) is 5.90. The van der Waals surface area contributed by atoms with Crippen molar-refractivity contribution in [3.8, 4) is 17.2 Å². The minimum Gasteiger partial charge on any atom is -0.397 e. The van der Waals surface area contributed by atoms with Crippen LogP contribution in [0.1, 0.15) is 12.5 Å². The number of amides is 1. The summed E-state index contributed by atoms with van der Waals surface area (Å²) in [6.07, 6.45) is 1.41. The topological polar surface area (TPSA) is 112 Å². The SMILES string of the molecule is CC(=O)Nc1c[nH]c(=O)c2c(N)c(C#N)c(-c3ccc(Cl)cc3)cc12. The summed E-state index contributed by atoms with van der Waals surface area (Å²) in [5.41, 5.74) is 7.64. The smallest absolute Gasteiger partial charge is 0.258 e. The lowest BCUT2D eigenvalue weighted by Crippen LogP contribution is -2.14. The average Bonchev–Trinajstić information content (AvgIpc) is 2.57. The number of hydrogen-bond donors (Lipinski definition) is 3. The van der Waals surface area contributed by atoms with Gasteiger partial charge in [-0.1, -0.05) is 23.7 Å². The molecule has 2 aromatic carbocycles. The van der Waals surface area contributed by atoms with Crippen molar-refractivity contribution >= 4 is 39.7 Å². The first-order chi connectivity index (χ1) is 11.9. The number of carbonyl (C=O) groups is 1. The second kappa shape index (κ2) is 6.30. The normalized spacial score (nSPS) is 10.4. The summed E-state index contributed by atoms with van der Waals surface area (Å²) < 4.78 is 0. The van der Waals surface area contributed by atoms with Gasteiger partial charge >= 0.3 is 0 Å². The number of nitrogens with one attached hydrogen (secondary N) is 2. The van der Waals surface area contributed by atoms with Crippen molar-refractivity contribution in [1.82, 2.24) is 4.98 Å². The number of rotatable bonds is 2. The Morgan fingerprint density at radius 2 is 2.00 bits per heavy atom. The highest BCUT2D eigenvalue weighted by atomic mass is 35.5. The molecule has 6 nitrogen and oxygen atoms in total. The Labute approximate surface area is 147 Å². The van der Waals surface area contributed by atoms with E-state index in [1.54, 1.807) is 30.3 Å². The number of halogens is 1. The van der Waals surface area contributed by atoms with Crippen LogP contribution in [0, 0.1) is 11.3 Å². The van der Waals surface area contributed by atoms with Crippen LogP contribution in [0.3, 0.4) is 0 Å². The minimum atomic E-state index is -0.430. The van der Waals surface area contributed by atoms with E-state index < -0.39 is 5.56 Å². The van der Waals surface area contributed by atoms with Gasteiger partial charge in [-0.05, 0) is 23.8 Å². The van der Waals surface area contributed by atoms with Crippen molar-refractivity contribution in [2.24, 2.45) is 0 Å². The number of carbonyl (C=O) groups excluding carboxylic acids is 1. The van der Waals surface area contributed by atoms with Crippen molar-refractivity contribution in [2.75, 3.05) is 11.1 Å². The van der Waals surface area contributed by atoms with Crippen LogP contribution in [0.25, 0.3) is 21.9 Å². The van der Waals surface area contributed by atoms with Crippen LogP contribution in [0.4, 0.5) is 11.4 Å². The molecule has 0 bridgehead atoms. The van der Waals surface area contributed by atoms with Gasteiger partial charge < -0.3 is 16.0 Å². The van der Waals surface area contributed by atoms with Gasteiger partial charge in [0, 0.05) is 29.1 Å². The molecule has 1 heterocycles. The van der Waals surface area contributed by atoms with Gasteiger partial charge in [0.2, 0.25) is 5.91 Å². The molecular weight excluding hydrogens is 340 g/mol. The third-order valence-corrected chi connectivity index (χ3v) is 4.06. The van der Waals surface area contributed by atoms with Crippen molar-refractivity contribution in [2.45, 2.75) is 6.92 Å². The highest BCUT2D eigenvalue weighted by Gasteiger charge is 2.17. The molecule has 0 aliphatic carbocycles. The van der Waals surface area contributed by atoms with E-state index in [0.29, 0.717) is 21.7 Å². The summed E-state index contributed by atoms with van der Waals surface area (Å²) in [5.74, 6) is -0.288. The van der Waals surface area contributed by atoms with Gasteiger partial charge in [0.15, 0.2) is 0 Å². The number of aromatic nitrogens is 1. The summed E-state index contributed by atoms with van der Waals surface area (Å²) in [4.78, 5) is 26.2. The lowest BCUT2D eigenvalue weighted by molar-refractivity contribution is -0.114. The molecule has 0 saturated carbocycles. The second-order valence-electron chi connectivity index (χ2n) is 5.47. The molecule has 1 amide bonds. The molecule has 0 aliphatic heterocycles. The maximum Gasteiger partial charge on any atom is 0.258 e. The lowest BCUT2D eigenvalue weighted by Gasteiger charge is -2.13. The van der Waals surface area contributed by atoms with Crippen molar-refractivity contribution in [3.63, 3.8) is 0 Å². The van der Waals surface area contributed by atoms with Crippen LogP contribution in [-0.2, 0) is 4.79 Å². The first-order valence-electron chi connectivity index (χ1n) is 7.34. The molecule has 0 unspecified atom stereocenters. The van der Waals surface area contributed by atoms with Crippen LogP contribution >= 0.6 is 11.6 Å². The van der Waals surface area contributed by atoms with Crippen molar-refractivity contribution in [3.05, 3.63) is 57.5 Å². The van der Waals surface area contributed by atoms with E-state index in [1.807, 2.05) is 0 Å². The van der Waals surface area contributed by atoms with Crippen LogP contribution in [-0.4, -0.2) is 10.9 Å². The molecule has 0 atom stereocenters. The van der Waals surface area contributed by atoms with E-state index in [-0.39, 0.29) is 22.5 Å². The van der Waals surface area contributed by atoms with Crippen LogP contribution < -0.4 is 16.6 Å². The Bertz CT molecular complexity index is 1100. The first kappa shape index (κ1) is 16.6. The Balaban J connectivity index is 2.42. The summed E-state index contributed by atoms with van der Waals surface area (Å²) >= 11 is 5.92. The Morgan fingerprint density at radius 3 is 2.60 bits per heavy atom. The molecule has 3 aromatic rings. The molecule has 0 radical (unpaired) electrons. The number of nitrogen functional groups attached to an aromatic ring is 1. The molecule has 0 aliphatic rings. The van der Waals surface area contributed by atoms with Crippen LogP contribution in [0.15, 0.2) is 41.3 Å². The van der Waals surface area contributed by atoms with E-state index in [0.717, 1.165) is 5.56 Å². The predicted octanol–water partition coefficient (Wildman–Crippen LogP) is 3.26. The summed E-state index contributed by atoms with van der Waals surface area (Å²) in [5, 5.41) is 13.4. The fraction of sp³-hybridized carbons (Fsp3) is 0.0556. The standard InChI is InChI=1S/C18H13ClN4O2/c1-9(24)23-15-8-22-18(25)16-13(15)6-12(14(7-20)17(16)21)10-2-4-11(19)5-3-10/h2-6,8H,21H2,1H3,(H,22,25)(H,23,24). The number of anilines is 2. The van der Waals surface area contributed by atoms with Crippen LogP contribution in [0.2, 0.25) is 5.02 Å². The quantitative estimate of drug-likeness (QED) is 0.614. The highest BCUT2D eigenvalue weighted by molar-refractivity contribution is 6.30. The van der Waals surface area contributed by atoms with E-state index in [9.17, 15) is 14.9 Å². The molecule has 0 spiro atoms. The molecular formula is C18H13ClN4O2. The number of pyridine rings is 1. The molecule has 124 valence electrons. The van der Waals surface area contributed by atoms with Gasteiger partial charge in [0.1, 0.15) is 6.07 Å². The fourth-order valence-corrected chi connectivity index (χ4v) is 2.85. The molecule has 1 aromatic heterocycles. The Kier molecular flexibility index (Phi) is 4.17. The predicted molar refractivity (Wildman–Crippen MR) is 98.4 cm³/mol. The maximum atomic E-state index is 12.2. The largest absolute Gasteiger partial charge is 0.397 e. The number of hydrogen-bond acceptors (Lipinski definition) is 4. The molecule has 25 heavy (non-hydrogen) atoms. The molecule has 0 fully saturated rings. The highest BCUT2D eigenvalue weighted by Crippen LogP contribution is 2.35. The Hall–Kier alpha value is -3.30. The van der Waals surface area contributed by atoms with Crippen molar-refractivity contribution in [1.29, 1.82) is 5.26 Å². The number of fused-ring (bicyclic) bond motifs is 1. The zero-order chi connectivity index (χ0) is 18.1. The number of H-pyrrole nitrogens is 1. The van der Waals surface area contributed by atoms with E-state index >= 15 is 0 Å². The monoisotopic (exact) mass is 352 g/mol. The third-order valence-electron chi connectivity index (χ3n) is 3.81. The minimum absolute atomic E-state index is 0.0680. The van der Waals surface area contributed by atoms with Gasteiger partial charge in [-0.2, -0.15) is 5.26 Å². The van der Waals surface area contributed by atoms with E-state index in [2.05, 4.69) is 16.4 Å². The Morgan fingerprint density at radius 1 is 1.32 bits per heavy atom. The number of nitriles is 1.